The first-order valence-corrected chi connectivity index (χ1v) is 7.15. The molecule has 106 valence electrons. The van der Waals surface area contributed by atoms with Crippen molar-refractivity contribution in [3.05, 3.63) is 59.5 Å². The van der Waals surface area contributed by atoms with Crippen molar-refractivity contribution in [1.82, 2.24) is 15.2 Å². The van der Waals surface area contributed by atoms with Gasteiger partial charge in [0.2, 0.25) is 5.88 Å². The molecule has 1 aromatic carbocycles. The van der Waals surface area contributed by atoms with Crippen molar-refractivity contribution in [1.29, 1.82) is 0 Å². The van der Waals surface area contributed by atoms with Crippen LogP contribution in [0.25, 0.3) is 10.8 Å². The number of aryl methyl sites for hydroxylation is 1. The van der Waals surface area contributed by atoms with E-state index < -0.39 is 0 Å². The molecule has 0 N–H and O–H groups in total. The van der Waals surface area contributed by atoms with E-state index in [2.05, 4.69) is 15.2 Å². The zero-order valence-corrected chi connectivity index (χ0v) is 12.1. The summed E-state index contributed by atoms with van der Waals surface area (Å²) >= 11 is 6.04. The molecule has 4 nitrogen and oxygen atoms in total. The number of halogens is 1. The molecule has 0 amide bonds. The van der Waals surface area contributed by atoms with Gasteiger partial charge in [-0.25, -0.2) is 0 Å². The molecule has 0 bridgehead atoms. The molecule has 3 rings (SSSR count). The van der Waals surface area contributed by atoms with Gasteiger partial charge in [0.15, 0.2) is 5.15 Å². The van der Waals surface area contributed by atoms with Crippen LogP contribution in [-0.4, -0.2) is 21.8 Å². The highest BCUT2D eigenvalue weighted by Crippen LogP contribution is 2.27. The van der Waals surface area contributed by atoms with E-state index in [0.717, 1.165) is 23.6 Å². The maximum Gasteiger partial charge on any atom is 0.241 e. The molecule has 0 spiro atoms. The minimum absolute atomic E-state index is 0.398. The van der Waals surface area contributed by atoms with Gasteiger partial charge < -0.3 is 4.74 Å². The first-order valence-electron chi connectivity index (χ1n) is 6.77. The summed E-state index contributed by atoms with van der Waals surface area (Å²) in [6.07, 6.45) is 5.45. The van der Waals surface area contributed by atoms with Gasteiger partial charge in [0, 0.05) is 23.2 Å². The monoisotopic (exact) mass is 299 g/mol. The molecular formula is C16H14ClN3O. The second-order valence-electron chi connectivity index (χ2n) is 4.65. The van der Waals surface area contributed by atoms with E-state index in [4.69, 9.17) is 16.3 Å². The standard InChI is InChI=1S/C16H14ClN3O/c17-15-13-5-1-2-6-14(13)16(20-19-15)21-11-3-4-12-7-9-18-10-8-12/h1-2,5-10H,3-4,11H2. The number of aromatic nitrogens is 3. The Kier molecular flexibility index (Phi) is 4.26. The third kappa shape index (κ3) is 3.28. The lowest BCUT2D eigenvalue weighted by atomic mass is 10.1. The Balaban J connectivity index is 1.65. The third-order valence-electron chi connectivity index (χ3n) is 3.21. The van der Waals surface area contributed by atoms with Crippen LogP contribution in [0.2, 0.25) is 5.15 Å². The largest absolute Gasteiger partial charge is 0.476 e. The van der Waals surface area contributed by atoms with Crippen LogP contribution in [0.5, 0.6) is 5.88 Å². The fourth-order valence-electron chi connectivity index (χ4n) is 2.15. The van der Waals surface area contributed by atoms with Crippen molar-refractivity contribution < 1.29 is 4.74 Å². The zero-order valence-electron chi connectivity index (χ0n) is 11.4. The molecule has 2 aromatic heterocycles. The molecule has 5 heteroatoms. The van der Waals surface area contributed by atoms with Gasteiger partial charge in [-0.2, -0.15) is 0 Å². The number of pyridine rings is 1. The van der Waals surface area contributed by atoms with Gasteiger partial charge >= 0.3 is 0 Å². The summed E-state index contributed by atoms with van der Waals surface area (Å²) in [5.74, 6) is 0.532. The second-order valence-corrected chi connectivity index (χ2v) is 5.01. The molecule has 0 radical (unpaired) electrons. The van der Waals surface area contributed by atoms with Crippen molar-refractivity contribution in [3.63, 3.8) is 0 Å². The van der Waals surface area contributed by atoms with Crippen molar-refractivity contribution in [3.8, 4) is 5.88 Å². The van der Waals surface area contributed by atoms with Crippen LogP contribution in [0, 0.1) is 0 Å². The highest BCUT2D eigenvalue weighted by molar-refractivity contribution is 6.34. The Labute approximate surface area is 127 Å². The van der Waals surface area contributed by atoms with Gasteiger partial charge in [-0.1, -0.05) is 29.8 Å². The Morgan fingerprint density at radius 3 is 2.52 bits per heavy atom. The third-order valence-corrected chi connectivity index (χ3v) is 3.49. The number of rotatable bonds is 5. The average Bonchev–Trinajstić information content (AvgIpc) is 2.55. The lowest BCUT2D eigenvalue weighted by molar-refractivity contribution is 0.300. The smallest absolute Gasteiger partial charge is 0.241 e. The summed E-state index contributed by atoms with van der Waals surface area (Å²) < 4.78 is 5.75. The molecule has 0 unspecified atom stereocenters. The van der Waals surface area contributed by atoms with Crippen molar-refractivity contribution in [2.24, 2.45) is 0 Å². The summed E-state index contributed by atoms with van der Waals surface area (Å²) in [6.45, 7) is 0.586. The van der Waals surface area contributed by atoms with Gasteiger partial charge in [0.05, 0.1) is 6.61 Å². The average molecular weight is 300 g/mol. The number of nitrogens with zero attached hydrogens (tertiary/aromatic N) is 3. The summed E-state index contributed by atoms with van der Waals surface area (Å²) in [4.78, 5) is 4.00. The van der Waals surface area contributed by atoms with E-state index in [0.29, 0.717) is 17.6 Å². The van der Waals surface area contributed by atoms with E-state index in [-0.39, 0.29) is 0 Å². The molecule has 0 saturated carbocycles. The number of hydrogen-bond acceptors (Lipinski definition) is 4. The molecule has 0 atom stereocenters. The van der Waals surface area contributed by atoms with Crippen LogP contribution in [0.15, 0.2) is 48.8 Å². The number of hydrogen-bond donors (Lipinski definition) is 0. The quantitative estimate of drug-likeness (QED) is 0.674. The van der Waals surface area contributed by atoms with Crippen molar-refractivity contribution in [2.75, 3.05) is 6.61 Å². The number of fused-ring (bicyclic) bond motifs is 1. The van der Waals surface area contributed by atoms with Gasteiger partial charge in [-0.05, 0) is 36.6 Å². The lowest BCUT2D eigenvalue weighted by Gasteiger charge is -2.08. The molecule has 0 aliphatic rings. The Bertz CT molecular complexity index is 734. The number of ether oxygens (including phenoxy) is 1. The first kappa shape index (κ1) is 13.8. The van der Waals surface area contributed by atoms with Crippen LogP contribution < -0.4 is 4.74 Å². The lowest BCUT2D eigenvalue weighted by Crippen LogP contribution is -2.02. The molecule has 21 heavy (non-hydrogen) atoms. The summed E-state index contributed by atoms with van der Waals surface area (Å²) in [7, 11) is 0. The molecule has 0 fully saturated rings. The van der Waals surface area contributed by atoms with Gasteiger partial charge in [-0.3, -0.25) is 4.98 Å². The van der Waals surface area contributed by atoms with Crippen LogP contribution in [0.3, 0.4) is 0 Å². The van der Waals surface area contributed by atoms with E-state index in [1.165, 1.54) is 5.56 Å². The van der Waals surface area contributed by atoms with Crippen molar-refractivity contribution >= 4 is 22.4 Å². The van der Waals surface area contributed by atoms with Gasteiger partial charge in [0.25, 0.3) is 0 Å². The van der Waals surface area contributed by atoms with E-state index in [1.807, 2.05) is 36.4 Å². The van der Waals surface area contributed by atoms with Crippen LogP contribution >= 0.6 is 11.6 Å². The van der Waals surface area contributed by atoms with Gasteiger partial charge in [0.1, 0.15) is 0 Å². The SMILES string of the molecule is Clc1nnc(OCCCc2ccncc2)c2ccccc12. The molecule has 2 heterocycles. The van der Waals surface area contributed by atoms with Crippen LogP contribution in [0.4, 0.5) is 0 Å². The normalized spacial score (nSPS) is 10.7. The van der Waals surface area contributed by atoms with E-state index in [9.17, 15) is 0 Å². The Morgan fingerprint density at radius 2 is 1.71 bits per heavy atom. The topological polar surface area (TPSA) is 47.9 Å². The molecular weight excluding hydrogens is 286 g/mol. The zero-order chi connectivity index (χ0) is 14.5. The molecule has 3 aromatic rings. The fourth-order valence-corrected chi connectivity index (χ4v) is 2.35. The number of benzene rings is 1. The van der Waals surface area contributed by atoms with Gasteiger partial charge in [-0.15, -0.1) is 10.2 Å². The highest BCUT2D eigenvalue weighted by atomic mass is 35.5. The maximum atomic E-state index is 6.04. The Hall–Kier alpha value is -2.20. The van der Waals surface area contributed by atoms with Crippen LogP contribution in [0.1, 0.15) is 12.0 Å². The predicted molar refractivity (Wildman–Crippen MR) is 82.6 cm³/mol. The summed E-state index contributed by atoms with van der Waals surface area (Å²) in [5, 5.41) is 10.1. The highest BCUT2D eigenvalue weighted by Gasteiger charge is 2.08. The van der Waals surface area contributed by atoms with E-state index in [1.54, 1.807) is 12.4 Å². The maximum absolute atomic E-state index is 6.04. The minimum Gasteiger partial charge on any atom is -0.476 e. The Morgan fingerprint density at radius 1 is 0.952 bits per heavy atom. The minimum atomic E-state index is 0.398. The van der Waals surface area contributed by atoms with Crippen LogP contribution in [-0.2, 0) is 6.42 Å². The predicted octanol–water partition coefficient (Wildman–Crippen LogP) is 3.69. The summed E-state index contributed by atoms with van der Waals surface area (Å²) in [5.41, 5.74) is 1.25. The second kappa shape index (κ2) is 6.50. The first-order chi connectivity index (χ1) is 10.3. The molecule has 0 aliphatic carbocycles. The fraction of sp³-hybridized carbons (Fsp3) is 0.188. The molecule has 0 saturated heterocycles. The van der Waals surface area contributed by atoms with E-state index >= 15 is 0 Å². The summed E-state index contributed by atoms with van der Waals surface area (Å²) in [6, 6.07) is 11.7. The molecule has 0 aliphatic heterocycles. The van der Waals surface area contributed by atoms with Crippen molar-refractivity contribution in [2.45, 2.75) is 12.8 Å².